The van der Waals surface area contributed by atoms with E-state index in [1.807, 2.05) is 50.2 Å². The Kier molecular flexibility index (Phi) is 2.33. The summed E-state index contributed by atoms with van der Waals surface area (Å²) in [5.41, 5.74) is 10.2. The first-order valence-corrected chi connectivity index (χ1v) is 5.88. The van der Waals surface area contributed by atoms with E-state index in [4.69, 9.17) is 10.2 Å². The SMILES string of the molecule is Cc1nc(-c2cc3cccc(C)c3o2)ccc1N. The molecule has 2 N–H and O–H groups in total. The monoisotopic (exact) mass is 238 g/mol. The highest BCUT2D eigenvalue weighted by atomic mass is 16.3. The Hall–Kier alpha value is -2.29. The largest absolute Gasteiger partial charge is 0.454 e. The number of aromatic nitrogens is 1. The minimum absolute atomic E-state index is 0.700. The summed E-state index contributed by atoms with van der Waals surface area (Å²) in [5.74, 6) is 0.780. The van der Waals surface area contributed by atoms with Crippen molar-refractivity contribution < 1.29 is 4.42 Å². The zero-order valence-electron chi connectivity index (χ0n) is 10.4. The van der Waals surface area contributed by atoms with Crippen LogP contribution >= 0.6 is 0 Å². The molecule has 90 valence electrons. The van der Waals surface area contributed by atoms with Crippen LogP contribution in [0.2, 0.25) is 0 Å². The molecule has 0 spiro atoms. The van der Waals surface area contributed by atoms with E-state index >= 15 is 0 Å². The van der Waals surface area contributed by atoms with Crippen molar-refractivity contribution in [3.63, 3.8) is 0 Å². The molecule has 0 saturated heterocycles. The van der Waals surface area contributed by atoms with Crippen LogP contribution < -0.4 is 5.73 Å². The van der Waals surface area contributed by atoms with Crippen molar-refractivity contribution in [3.8, 4) is 11.5 Å². The van der Waals surface area contributed by atoms with Crippen molar-refractivity contribution in [2.45, 2.75) is 13.8 Å². The second-order valence-corrected chi connectivity index (χ2v) is 4.48. The van der Waals surface area contributed by atoms with Crippen molar-refractivity contribution >= 4 is 16.7 Å². The standard InChI is InChI=1S/C15H14N2O/c1-9-4-3-5-11-8-14(18-15(9)11)13-7-6-12(16)10(2)17-13/h3-8H,16H2,1-2H3. The van der Waals surface area contributed by atoms with E-state index in [9.17, 15) is 0 Å². The van der Waals surface area contributed by atoms with Gasteiger partial charge in [-0.1, -0.05) is 18.2 Å². The zero-order valence-corrected chi connectivity index (χ0v) is 10.4. The average Bonchev–Trinajstić information content (AvgIpc) is 2.78. The summed E-state index contributed by atoms with van der Waals surface area (Å²) in [5, 5.41) is 1.10. The van der Waals surface area contributed by atoms with E-state index in [0.717, 1.165) is 33.7 Å². The third kappa shape index (κ3) is 1.64. The molecule has 0 aliphatic heterocycles. The van der Waals surface area contributed by atoms with Crippen molar-refractivity contribution in [1.82, 2.24) is 4.98 Å². The van der Waals surface area contributed by atoms with Crippen molar-refractivity contribution in [2.75, 3.05) is 5.73 Å². The first-order chi connectivity index (χ1) is 8.65. The van der Waals surface area contributed by atoms with Gasteiger partial charge in [0.2, 0.25) is 0 Å². The molecule has 3 nitrogen and oxygen atoms in total. The molecule has 0 bridgehead atoms. The van der Waals surface area contributed by atoms with Gasteiger partial charge in [0, 0.05) is 5.39 Å². The lowest BCUT2D eigenvalue weighted by Crippen LogP contribution is -1.93. The number of hydrogen-bond acceptors (Lipinski definition) is 3. The average molecular weight is 238 g/mol. The maximum atomic E-state index is 5.88. The fourth-order valence-corrected chi connectivity index (χ4v) is 2.04. The zero-order chi connectivity index (χ0) is 12.7. The highest BCUT2D eigenvalue weighted by Crippen LogP contribution is 2.29. The Morgan fingerprint density at radius 3 is 2.67 bits per heavy atom. The Morgan fingerprint density at radius 2 is 1.94 bits per heavy atom. The summed E-state index contributed by atoms with van der Waals surface area (Å²) in [6.45, 7) is 3.93. The Balaban J connectivity index is 2.19. The fraction of sp³-hybridized carbons (Fsp3) is 0.133. The van der Waals surface area contributed by atoms with Crippen LogP contribution in [0.1, 0.15) is 11.3 Å². The summed E-state index contributed by atoms with van der Waals surface area (Å²) in [7, 11) is 0. The highest BCUT2D eigenvalue weighted by Gasteiger charge is 2.09. The number of nitrogens with two attached hydrogens (primary N) is 1. The lowest BCUT2D eigenvalue weighted by atomic mass is 10.1. The van der Waals surface area contributed by atoms with Gasteiger partial charge in [-0.05, 0) is 37.6 Å². The molecule has 1 aromatic carbocycles. The lowest BCUT2D eigenvalue weighted by molar-refractivity contribution is 0.626. The predicted octanol–water partition coefficient (Wildman–Crippen LogP) is 3.69. The van der Waals surface area contributed by atoms with Gasteiger partial charge in [0.25, 0.3) is 0 Å². The van der Waals surface area contributed by atoms with Gasteiger partial charge in [-0.25, -0.2) is 4.98 Å². The summed E-state index contributed by atoms with van der Waals surface area (Å²) in [4.78, 5) is 4.45. The molecule has 0 fully saturated rings. The van der Waals surface area contributed by atoms with Crippen LogP contribution in [0.15, 0.2) is 40.8 Å². The van der Waals surface area contributed by atoms with Gasteiger partial charge in [-0.3, -0.25) is 0 Å². The molecule has 2 aromatic heterocycles. The Bertz CT molecular complexity index is 728. The summed E-state index contributed by atoms with van der Waals surface area (Å²) in [6.07, 6.45) is 0. The van der Waals surface area contributed by atoms with Crippen molar-refractivity contribution in [2.24, 2.45) is 0 Å². The van der Waals surface area contributed by atoms with Gasteiger partial charge >= 0.3 is 0 Å². The van der Waals surface area contributed by atoms with Gasteiger partial charge in [-0.2, -0.15) is 0 Å². The van der Waals surface area contributed by atoms with Crippen LogP contribution in [-0.4, -0.2) is 4.98 Å². The first-order valence-electron chi connectivity index (χ1n) is 5.88. The second kappa shape index (κ2) is 3.88. The van der Waals surface area contributed by atoms with Gasteiger partial charge in [-0.15, -0.1) is 0 Å². The molecule has 3 heteroatoms. The van der Waals surface area contributed by atoms with Crippen LogP contribution in [-0.2, 0) is 0 Å². The number of nitrogens with zero attached hydrogens (tertiary/aromatic N) is 1. The molecular formula is C15H14N2O. The maximum Gasteiger partial charge on any atom is 0.153 e. The number of rotatable bonds is 1. The molecule has 0 aliphatic rings. The molecule has 0 atom stereocenters. The number of nitrogen functional groups attached to an aromatic ring is 1. The second-order valence-electron chi connectivity index (χ2n) is 4.48. The molecule has 3 aromatic rings. The Morgan fingerprint density at radius 1 is 1.11 bits per heavy atom. The molecule has 2 heterocycles. The van der Waals surface area contributed by atoms with E-state index in [0.29, 0.717) is 5.69 Å². The third-order valence-electron chi connectivity index (χ3n) is 3.12. The molecule has 0 radical (unpaired) electrons. The number of benzene rings is 1. The molecule has 0 unspecified atom stereocenters. The number of fused-ring (bicyclic) bond motifs is 1. The molecular weight excluding hydrogens is 224 g/mol. The predicted molar refractivity (Wildman–Crippen MR) is 73.3 cm³/mol. The van der Waals surface area contributed by atoms with Gasteiger partial charge in [0.05, 0.1) is 11.4 Å². The molecule has 0 amide bonds. The van der Waals surface area contributed by atoms with Crippen LogP contribution in [0.5, 0.6) is 0 Å². The molecule has 0 aliphatic carbocycles. The summed E-state index contributed by atoms with van der Waals surface area (Å²) in [6, 6.07) is 11.9. The van der Waals surface area contributed by atoms with E-state index in [1.165, 1.54) is 0 Å². The highest BCUT2D eigenvalue weighted by molar-refractivity contribution is 5.84. The molecule has 3 rings (SSSR count). The number of anilines is 1. The van der Waals surface area contributed by atoms with Gasteiger partial charge in [0.1, 0.15) is 11.3 Å². The van der Waals surface area contributed by atoms with Crippen molar-refractivity contribution in [1.29, 1.82) is 0 Å². The third-order valence-corrected chi connectivity index (χ3v) is 3.12. The number of hydrogen-bond donors (Lipinski definition) is 1. The lowest BCUT2D eigenvalue weighted by Gasteiger charge is -2.01. The van der Waals surface area contributed by atoms with Crippen LogP contribution in [0.25, 0.3) is 22.4 Å². The summed E-state index contributed by atoms with van der Waals surface area (Å²) < 4.78 is 5.88. The van der Waals surface area contributed by atoms with Crippen LogP contribution in [0.4, 0.5) is 5.69 Å². The number of para-hydroxylation sites is 1. The molecule has 18 heavy (non-hydrogen) atoms. The van der Waals surface area contributed by atoms with Crippen LogP contribution in [0.3, 0.4) is 0 Å². The van der Waals surface area contributed by atoms with Crippen molar-refractivity contribution in [3.05, 3.63) is 47.7 Å². The van der Waals surface area contributed by atoms with Crippen LogP contribution in [0, 0.1) is 13.8 Å². The van der Waals surface area contributed by atoms with Gasteiger partial charge in [0.15, 0.2) is 5.76 Å². The quantitative estimate of drug-likeness (QED) is 0.703. The van der Waals surface area contributed by atoms with E-state index in [1.54, 1.807) is 0 Å². The maximum absolute atomic E-state index is 5.88. The number of pyridine rings is 1. The molecule has 0 saturated carbocycles. The van der Waals surface area contributed by atoms with E-state index < -0.39 is 0 Å². The van der Waals surface area contributed by atoms with Gasteiger partial charge < -0.3 is 10.2 Å². The topological polar surface area (TPSA) is 52.0 Å². The minimum atomic E-state index is 0.700. The minimum Gasteiger partial charge on any atom is -0.454 e. The smallest absolute Gasteiger partial charge is 0.153 e. The van der Waals surface area contributed by atoms with E-state index in [-0.39, 0.29) is 0 Å². The Labute approximate surface area is 105 Å². The summed E-state index contributed by atoms with van der Waals surface area (Å²) >= 11 is 0. The fourth-order valence-electron chi connectivity index (χ4n) is 2.04. The van der Waals surface area contributed by atoms with E-state index in [2.05, 4.69) is 4.98 Å². The number of aryl methyl sites for hydroxylation is 2. The first kappa shape index (κ1) is 10.8. The number of furan rings is 1. The normalized spacial score (nSPS) is 11.0.